The molecule has 1 aromatic heterocycles. The number of carbonyl (C=O) groups is 1. The molecule has 0 fully saturated rings. The normalized spacial score (nSPS) is 12.5. The lowest BCUT2D eigenvalue weighted by Gasteiger charge is -2.11. The van der Waals surface area contributed by atoms with Crippen molar-refractivity contribution >= 4 is 5.91 Å². The average Bonchev–Trinajstić information content (AvgIpc) is 2.55. The second-order valence-corrected chi connectivity index (χ2v) is 5.12. The molecule has 0 unspecified atom stereocenters. The molecule has 128 valence electrons. The minimum absolute atomic E-state index is 0.0250. The Morgan fingerprint density at radius 2 is 1.92 bits per heavy atom. The summed E-state index contributed by atoms with van der Waals surface area (Å²) in [5.74, 6) is 0.106. The Morgan fingerprint density at radius 1 is 1.25 bits per heavy atom. The summed E-state index contributed by atoms with van der Waals surface area (Å²) in [5, 5.41) is 2.71. The van der Waals surface area contributed by atoms with Crippen LogP contribution in [-0.4, -0.2) is 23.5 Å². The predicted molar refractivity (Wildman–Crippen MR) is 81.7 cm³/mol. The highest BCUT2D eigenvalue weighted by molar-refractivity contribution is 5.94. The third-order valence-corrected chi connectivity index (χ3v) is 3.13. The van der Waals surface area contributed by atoms with Gasteiger partial charge in [-0.25, -0.2) is 4.98 Å². The summed E-state index contributed by atoms with van der Waals surface area (Å²) in [6, 6.07) is 8.01. The molecule has 8 heteroatoms. The van der Waals surface area contributed by atoms with Gasteiger partial charge in [0.1, 0.15) is 5.75 Å². The number of pyridine rings is 1. The zero-order chi connectivity index (χ0) is 17.7. The Morgan fingerprint density at radius 3 is 2.42 bits per heavy atom. The zero-order valence-corrected chi connectivity index (χ0v) is 12.8. The summed E-state index contributed by atoms with van der Waals surface area (Å²) in [5.41, 5.74) is 5.00. The second kappa shape index (κ2) is 7.31. The fourth-order valence-corrected chi connectivity index (χ4v) is 1.77. The smallest absolute Gasteiger partial charge is 0.417 e. The van der Waals surface area contributed by atoms with E-state index in [0.29, 0.717) is 24.1 Å². The van der Waals surface area contributed by atoms with Gasteiger partial charge in [-0.15, -0.1) is 0 Å². The lowest BCUT2D eigenvalue weighted by molar-refractivity contribution is -0.137. The van der Waals surface area contributed by atoms with Gasteiger partial charge in [-0.05, 0) is 37.3 Å². The Balaban J connectivity index is 2.02. The predicted octanol–water partition coefficient (Wildman–Crippen LogP) is 2.97. The Hall–Kier alpha value is -2.61. The Bertz CT molecular complexity index is 685. The van der Waals surface area contributed by atoms with E-state index in [9.17, 15) is 18.0 Å². The van der Waals surface area contributed by atoms with Crippen molar-refractivity contribution in [3.05, 3.63) is 53.7 Å². The summed E-state index contributed by atoms with van der Waals surface area (Å²) in [6.07, 6.45) is -3.74. The van der Waals surface area contributed by atoms with Crippen LogP contribution in [0.4, 0.5) is 13.2 Å². The first kappa shape index (κ1) is 17.7. The third-order valence-electron chi connectivity index (χ3n) is 3.13. The van der Waals surface area contributed by atoms with Crippen LogP contribution in [0.2, 0.25) is 0 Å². The molecule has 0 saturated carbocycles. The first-order valence-electron chi connectivity index (χ1n) is 7.11. The molecular formula is C16H16F3N3O2. The highest BCUT2D eigenvalue weighted by atomic mass is 19.4. The summed E-state index contributed by atoms with van der Waals surface area (Å²) < 4.78 is 42.7. The van der Waals surface area contributed by atoms with E-state index in [2.05, 4.69) is 10.3 Å². The van der Waals surface area contributed by atoms with Crippen molar-refractivity contribution in [2.45, 2.75) is 19.1 Å². The zero-order valence-electron chi connectivity index (χ0n) is 12.8. The molecule has 0 aliphatic carbocycles. The molecule has 1 atom stereocenters. The van der Waals surface area contributed by atoms with Gasteiger partial charge in [-0.2, -0.15) is 13.2 Å². The number of nitrogens with two attached hydrogens (primary N) is 1. The van der Waals surface area contributed by atoms with Crippen molar-refractivity contribution < 1.29 is 22.7 Å². The topological polar surface area (TPSA) is 77.2 Å². The molecule has 0 spiro atoms. The van der Waals surface area contributed by atoms with E-state index >= 15 is 0 Å². The lowest BCUT2D eigenvalue weighted by Crippen LogP contribution is -2.37. The van der Waals surface area contributed by atoms with E-state index in [1.807, 2.05) is 0 Å². The number of nitrogens with one attached hydrogen (secondary N) is 1. The largest absolute Gasteiger partial charge is 0.439 e. The minimum Gasteiger partial charge on any atom is -0.439 e. The number of hydrogen-bond acceptors (Lipinski definition) is 4. The minimum atomic E-state index is -4.44. The number of benzene rings is 1. The molecule has 0 radical (unpaired) electrons. The Kier molecular flexibility index (Phi) is 5.40. The van der Waals surface area contributed by atoms with Gasteiger partial charge in [0.25, 0.3) is 5.91 Å². The molecule has 1 amide bonds. The monoisotopic (exact) mass is 339 g/mol. The molecule has 5 nitrogen and oxygen atoms in total. The molecule has 1 heterocycles. The van der Waals surface area contributed by atoms with Crippen LogP contribution in [0.25, 0.3) is 0 Å². The first-order valence-corrected chi connectivity index (χ1v) is 7.11. The molecule has 2 rings (SSSR count). The van der Waals surface area contributed by atoms with Crippen molar-refractivity contribution in [1.82, 2.24) is 10.3 Å². The summed E-state index contributed by atoms with van der Waals surface area (Å²) in [7, 11) is 0. The summed E-state index contributed by atoms with van der Waals surface area (Å²) >= 11 is 0. The van der Waals surface area contributed by atoms with E-state index < -0.39 is 11.7 Å². The van der Waals surface area contributed by atoms with Crippen LogP contribution in [0.1, 0.15) is 22.8 Å². The third kappa shape index (κ3) is 4.69. The van der Waals surface area contributed by atoms with Gasteiger partial charge in [0.2, 0.25) is 5.88 Å². The van der Waals surface area contributed by atoms with Gasteiger partial charge in [-0.1, -0.05) is 0 Å². The van der Waals surface area contributed by atoms with Gasteiger partial charge in [-0.3, -0.25) is 4.79 Å². The van der Waals surface area contributed by atoms with E-state index in [1.165, 1.54) is 24.3 Å². The fourth-order valence-electron chi connectivity index (χ4n) is 1.77. The molecule has 1 aromatic carbocycles. The highest BCUT2D eigenvalue weighted by Gasteiger charge is 2.30. The van der Waals surface area contributed by atoms with Crippen LogP contribution < -0.4 is 15.8 Å². The van der Waals surface area contributed by atoms with Gasteiger partial charge in [0, 0.05) is 30.4 Å². The van der Waals surface area contributed by atoms with Crippen molar-refractivity contribution in [2.75, 3.05) is 6.54 Å². The number of ether oxygens (including phenoxy) is 1. The number of aromatic nitrogens is 1. The summed E-state index contributed by atoms with van der Waals surface area (Å²) in [4.78, 5) is 15.5. The molecule has 0 aliphatic heterocycles. The van der Waals surface area contributed by atoms with Crippen LogP contribution >= 0.6 is 0 Å². The SMILES string of the molecule is C[C@@H](CN)NC(=O)c1ccc(Oc2ccc(C(F)(F)F)cn2)cc1. The van der Waals surface area contributed by atoms with Crippen LogP contribution in [0, 0.1) is 0 Å². The van der Waals surface area contributed by atoms with E-state index in [1.54, 1.807) is 6.92 Å². The molecule has 0 bridgehead atoms. The fraction of sp³-hybridized carbons (Fsp3) is 0.250. The Labute approximate surface area is 136 Å². The van der Waals surface area contributed by atoms with Crippen molar-refractivity contribution in [2.24, 2.45) is 5.73 Å². The quantitative estimate of drug-likeness (QED) is 0.878. The van der Waals surface area contributed by atoms with Crippen LogP contribution in [0.15, 0.2) is 42.6 Å². The van der Waals surface area contributed by atoms with E-state index in [4.69, 9.17) is 10.5 Å². The molecule has 0 aliphatic rings. The van der Waals surface area contributed by atoms with Gasteiger partial charge < -0.3 is 15.8 Å². The number of halogens is 3. The lowest BCUT2D eigenvalue weighted by atomic mass is 10.2. The molecular weight excluding hydrogens is 323 g/mol. The maximum absolute atomic E-state index is 12.5. The average molecular weight is 339 g/mol. The maximum Gasteiger partial charge on any atom is 0.417 e. The first-order chi connectivity index (χ1) is 11.3. The second-order valence-electron chi connectivity index (χ2n) is 5.12. The van der Waals surface area contributed by atoms with Crippen molar-refractivity contribution in [3.63, 3.8) is 0 Å². The molecule has 24 heavy (non-hydrogen) atoms. The van der Waals surface area contributed by atoms with Gasteiger partial charge >= 0.3 is 6.18 Å². The summed E-state index contributed by atoms with van der Waals surface area (Å²) in [6.45, 7) is 2.11. The van der Waals surface area contributed by atoms with Crippen LogP contribution in [0.3, 0.4) is 0 Å². The van der Waals surface area contributed by atoms with E-state index in [-0.39, 0.29) is 17.8 Å². The van der Waals surface area contributed by atoms with Gasteiger partial charge in [0.15, 0.2) is 0 Å². The highest BCUT2D eigenvalue weighted by Crippen LogP contribution is 2.30. The molecule has 2 aromatic rings. The molecule has 0 saturated heterocycles. The van der Waals surface area contributed by atoms with Crippen LogP contribution in [-0.2, 0) is 6.18 Å². The number of alkyl halides is 3. The standard InChI is InChI=1S/C16H16F3N3O2/c1-10(8-20)22-15(23)11-2-5-13(6-3-11)24-14-7-4-12(9-21-14)16(17,18)19/h2-7,9-10H,8,20H2,1H3,(H,22,23)/t10-/m0/s1. The van der Waals surface area contributed by atoms with E-state index in [0.717, 1.165) is 12.1 Å². The number of carbonyl (C=O) groups excluding carboxylic acids is 1. The van der Waals surface area contributed by atoms with Crippen molar-refractivity contribution in [1.29, 1.82) is 0 Å². The maximum atomic E-state index is 12.5. The number of hydrogen-bond donors (Lipinski definition) is 2. The van der Waals surface area contributed by atoms with Crippen LogP contribution in [0.5, 0.6) is 11.6 Å². The van der Waals surface area contributed by atoms with Gasteiger partial charge in [0.05, 0.1) is 5.56 Å². The number of amides is 1. The molecule has 3 N–H and O–H groups in total. The number of rotatable bonds is 5. The van der Waals surface area contributed by atoms with Crippen molar-refractivity contribution in [3.8, 4) is 11.6 Å². The number of nitrogens with zero attached hydrogens (tertiary/aromatic N) is 1.